The second kappa shape index (κ2) is 4.57. The molecule has 2 aromatic rings. The lowest BCUT2D eigenvalue weighted by Crippen LogP contribution is -2.03. The van der Waals surface area contributed by atoms with Gasteiger partial charge in [-0.2, -0.15) is 0 Å². The number of imidazole rings is 1. The van der Waals surface area contributed by atoms with E-state index in [-0.39, 0.29) is 0 Å². The lowest BCUT2D eigenvalue weighted by Gasteiger charge is -2.04. The van der Waals surface area contributed by atoms with Gasteiger partial charge >= 0.3 is 0 Å². The van der Waals surface area contributed by atoms with Crippen molar-refractivity contribution < 1.29 is 0 Å². The molecule has 0 bridgehead atoms. The van der Waals surface area contributed by atoms with Crippen LogP contribution in [0.15, 0.2) is 36.9 Å². The highest BCUT2D eigenvalue weighted by Gasteiger charge is 2.23. The molecular formula is C16H19N3. The van der Waals surface area contributed by atoms with Crippen LogP contribution in [0.4, 0.5) is 5.82 Å². The normalized spacial score (nSPS) is 14.6. The van der Waals surface area contributed by atoms with Gasteiger partial charge in [0.15, 0.2) is 0 Å². The van der Waals surface area contributed by atoms with Gasteiger partial charge in [-0.3, -0.25) is 0 Å². The van der Waals surface area contributed by atoms with Crippen LogP contribution in [0.3, 0.4) is 0 Å². The number of rotatable bonds is 4. The van der Waals surface area contributed by atoms with Gasteiger partial charge in [-0.1, -0.05) is 30.3 Å². The van der Waals surface area contributed by atoms with Crippen molar-refractivity contribution in [2.75, 3.05) is 5.73 Å². The number of allylic oxidation sites excluding steroid dienone is 1. The zero-order valence-electron chi connectivity index (χ0n) is 11.3. The molecule has 3 nitrogen and oxygen atoms in total. The van der Waals surface area contributed by atoms with Gasteiger partial charge in [-0.15, -0.1) is 6.58 Å². The maximum Gasteiger partial charge on any atom is 0.132 e. The molecule has 1 heterocycles. The highest BCUT2D eigenvalue weighted by atomic mass is 15.1. The van der Waals surface area contributed by atoms with Crippen LogP contribution >= 0.6 is 0 Å². The standard InChI is InChI=1S/C16H19N3/c1-3-10-19-11(2)18-15(16(19)17)14-8-6-13(7-9-14)12-4-5-12/h3,6-9,12H,1,4-5,10,17H2,2H3. The molecule has 0 amide bonds. The van der Waals surface area contributed by atoms with Crippen LogP contribution in [0.25, 0.3) is 11.3 Å². The molecule has 3 heteroatoms. The Morgan fingerprint density at radius 3 is 2.63 bits per heavy atom. The van der Waals surface area contributed by atoms with Crippen LogP contribution in [0, 0.1) is 6.92 Å². The molecule has 0 unspecified atom stereocenters. The van der Waals surface area contributed by atoms with Crippen molar-refractivity contribution in [2.45, 2.75) is 32.2 Å². The average molecular weight is 253 g/mol. The van der Waals surface area contributed by atoms with Crippen LogP contribution in [-0.4, -0.2) is 9.55 Å². The Labute approximate surface area is 113 Å². The predicted octanol–water partition coefficient (Wildman–Crippen LogP) is 3.50. The van der Waals surface area contributed by atoms with Crippen molar-refractivity contribution in [1.82, 2.24) is 9.55 Å². The van der Waals surface area contributed by atoms with Crippen molar-refractivity contribution in [2.24, 2.45) is 0 Å². The van der Waals surface area contributed by atoms with E-state index in [0.29, 0.717) is 6.54 Å². The van der Waals surface area contributed by atoms with Gasteiger partial charge in [-0.05, 0) is 31.2 Å². The van der Waals surface area contributed by atoms with E-state index in [2.05, 4.69) is 35.8 Å². The van der Waals surface area contributed by atoms with Gasteiger partial charge in [0.25, 0.3) is 0 Å². The molecular weight excluding hydrogens is 234 g/mol. The number of hydrogen-bond acceptors (Lipinski definition) is 2. The summed E-state index contributed by atoms with van der Waals surface area (Å²) in [5.41, 5.74) is 9.59. The highest BCUT2D eigenvalue weighted by molar-refractivity contribution is 5.71. The van der Waals surface area contributed by atoms with Gasteiger partial charge in [0.1, 0.15) is 17.3 Å². The van der Waals surface area contributed by atoms with Crippen LogP contribution in [0.5, 0.6) is 0 Å². The average Bonchev–Trinajstić information content (AvgIpc) is 3.22. The van der Waals surface area contributed by atoms with E-state index >= 15 is 0 Å². The van der Waals surface area contributed by atoms with E-state index in [4.69, 9.17) is 5.73 Å². The molecule has 1 aliphatic rings. The molecule has 1 aromatic carbocycles. The van der Waals surface area contributed by atoms with Crippen molar-refractivity contribution in [3.8, 4) is 11.3 Å². The summed E-state index contributed by atoms with van der Waals surface area (Å²) in [6.07, 6.45) is 4.49. The molecule has 98 valence electrons. The Morgan fingerprint density at radius 2 is 2.05 bits per heavy atom. The summed E-state index contributed by atoms with van der Waals surface area (Å²) in [5.74, 6) is 2.43. The third-order valence-corrected chi connectivity index (χ3v) is 3.74. The minimum absolute atomic E-state index is 0.699. The molecule has 1 aromatic heterocycles. The first-order valence-electron chi connectivity index (χ1n) is 6.74. The van der Waals surface area contributed by atoms with E-state index in [1.165, 1.54) is 18.4 Å². The Hall–Kier alpha value is -2.03. The quantitative estimate of drug-likeness (QED) is 0.847. The fraction of sp³-hybridized carbons (Fsp3) is 0.312. The number of nitrogen functional groups attached to an aromatic ring is 1. The first-order chi connectivity index (χ1) is 9.20. The third kappa shape index (κ3) is 2.16. The van der Waals surface area contributed by atoms with Crippen molar-refractivity contribution >= 4 is 5.82 Å². The van der Waals surface area contributed by atoms with Gasteiger partial charge in [0.05, 0.1) is 0 Å². The van der Waals surface area contributed by atoms with E-state index in [1.54, 1.807) is 0 Å². The van der Waals surface area contributed by atoms with Crippen LogP contribution < -0.4 is 5.73 Å². The summed E-state index contributed by atoms with van der Waals surface area (Å²) in [7, 11) is 0. The van der Waals surface area contributed by atoms with Crippen LogP contribution in [0.2, 0.25) is 0 Å². The SMILES string of the molecule is C=CCn1c(C)nc(-c2ccc(C3CC3)cc2)c1N. The summed E-state index contributed by atoms with van der Waals surface area (Å²) >= 11 is 0. The molecule has 0 spiro atoms. The fourth-order valence-corrected chi connectivity index (χ4v) is 2.48. The number of nitrogens with zero attached hydrogens (tertiary/aromatic N) is 2. The van der Waals surface area contributed by atoms with E-state index in [1.807, 2.05) is 17.6 Å². The molecule has 1 fully saturated rings. The summed E-state index contributed by atoms with van der Waals surface area (Å²) in [5, 5.41) is 0. The van der Waals surface area contributed by atoms with Gasteiger partial charge in [0, 0.05) is 12.1 Å². The highest BCUT2D eigenvalue weighted by Crippen LogP contribution is 2.40. The molecule has 3 rings (SSSR count). The zero-order valence-corrected chi connectivity index (χ0v) is 11.3. The summed E-state index contributed by atoms with van der Waals surface area (Å²) in [6.45, 7) is 6.43. The van der Waals surface area contributed by atoms with Crippen LogP contribution in [0.1, 0.15) is 30.1 Å². The number of aryl methyl sites for hydroxylation is 1. The zero-order chi connectivity index (χ0) is 13.4. The molecule has 1 aliphatic carbocycles. The number of aromatic nitrogens is 2. The molecule has 2 N–H and O–H groups in total. The molecule has 19 heavy (non-hydrogen) atoms. The Morgan fingerprint density at radius 1 is 1.37 bits per heavy atom. The Balaban J connectivity index is 1.96. The minimum atomic E-state index is 0.699. The topological polar surface area (TPSA) is 43.8 Å². The second-order valence-electron chi connectivity index (χ2n) is 5.19. The third-order valence-electron chi connectivity index (χ3n) is 3.74. The first kappa shape index (κ1) is 12.0. The lowest BCUT2D eigenvalue weighted by atomic mass is 10.1. The number of benzene rings is 1. The minimum Gasteiger partial charge on any atom is -0.383 e. The van der Waals surface area contributed by atoms with E-state index in [0.717, 1.165) is 28.8 Å². The lowest BCUT2D eigenvalue weighted by molar-refractivity contribution is 0.792. The van der Waals surface area contributed by atoms with Gasteiger partial charge in [0.2, 0.25) is 0 Å². The van der Waals surface area contributed by atoms with Crippen molar-refractivity contribution in [3.63, 3.8) is 0 Å². The number of anilines is 1. The van der Waals surface area contributed by atoms with E-state index in [9.17, 15) is 0 Å². The monoisotopic (exact) mass is 253 g/mol. The fourth-order valence-electron chi connectivity index (χ4n) is 2.48. The largest absolute Gasteiger partial charge is 0.383 e. The maximum absolute atomic E-state index is 6.19. The number of nitrogens with two attached hydrogens (primary N) is 1. The molecule has 0 radical (unpaired) electrons. The smallest absolute Gasteiger partial charge is 0.132 e. The molecule has 0 saturated heterocycles. The van der Waals surface area contributed by atoms with E-state index < -0.39 is 0 Å². The second-order valence-corrected chi connectivity index (χ2v) is 5.19. The number of hydrogen-bond donors (Lipinski definition) is 1. The summed E-state index contributed by atoms with van der Waals surface area (Å²) < 4.78 is 1.98. The summed E-state index contributed by atoms with van der Waals surface area (Å²) in [6, 6.07) is 8.66. The molecule has 0 atom stereocenters. The van der Waals surface area contributed by atoms with Crippen molar-refractivity contribution in [1.29, 1.82) is 0 Å². The van der Waals surface area contributed by atoms with Crippen molar-refractivity contribution in [3.05, 3.63) is 48.3 Å². The molecule has 1 saturated carbocycles. The predicted molar refractivity (Wildman–Crippen MR) is 79.0 cm³/mol. The Kier molecular flexibility index (Phi) is 2.90. The van der Waals surface area contributed by atoms with Gasteiger partial charge in [-0.25, -0.2) is 4.98 Å². The Bertz CT molecular complexity index is 604. The first-order valence-corrected chi connectivity index (χ1v) is 6.74. The van der Waals surface area contributed by atoms with Gasteiger partial charge < -0.3 is 10.3 Å². The summed E-state index contributed by atoms with van der Waals surface area (Å²) in [4.78, 5) is 4.58. The maximum atomic E-state index is 6.19. The molecule has 0 aliphatic heterocycles. The van der Waals surface area contributed by atoms with Crippen LogP contribution in [-0.2, 0) is 6.54 Å².